The Morgan fingerprint density at radius 3 is 2.60 bits per heavy atom. The molecule has 0 bridgehead atoms. The highest BCUT2D eigenvalue weighted by Crippen LogP contribution is 2.38. The molecule has 3 heterocycles. The molecule has 1 saturated carbocycles. The number of nitrogens with zero attached hydrogens (tertiary/aromatic N) is 4. The Morgan fingerprint density at radius 1 is 1.20 bits per heavy atom. The number of thioether (sulfide) groups is 1. The first-order valence-corrected chi connectivity index (χ1v) is 10.8. The molecule has 1 aromatic heterocycles. The third-order valence-electron chi connectivity index (χ3n) is 6.28. The minimum atomic E-state index is 0.402. The van der Waals surface area contributed by atoms with Crippen LogP contribution in [-0.2, 0) is 4.79 Å². The molecule has 3 aliphatic rings. The quantitative estimate of drug-likeness (QED) is 0.610. The van der Waals surface area contributed by atoms with Gasteiger partial charge in [0.1, 0.15) is 5.82 Å². The van der Waals surface area contributed by atoms with Crippen LogP contribution in [-0.4, -0.2) is 53.2 Å². The summed E-state index contributed by atoms with van der Waals surface area (Å²) >= 11 is 1.58. The van der Waals surface area contributed by atoms with Gasteiger partial charge in [-0.3, -0.25) is 4.79 Å². The maximum absolute atomic E-state index is 12.7. The molecule has 2 atom stereocenters. The molecule has 1 amide bonds. The summed E-state index contributed by atoms with van der Waals surface area (Å²) in [5.41, 5.74) is 0. The highest BCUT2D eigenvalue weighted by atomic mass is 32.2. The predicted octanol–water partition coefficient (Wildman–Crippen LogP) is 3.06. The van der Waals surface area contributed by atoms with E-state index in [0.717, 1.165) is 68.3 Å². The van der Waals surface area contributed by atoms with Crippen molar-refractivity contribution in [3.8, 4) is 0 Å². The van der Waals surface area contributed by atoms with Gasteiger partial charge in [-0.15, -0.1) is 0 Å². The van der Waals surface area contributed by atoms with Crippen LogP contribution in [0.5, 0.6) is 0 Å². The molecule has 2 aliphatic heterocycles. The number of carbonyl (C=O) groups is 1. The van der Waals surface area contributed by atoms with Crippen LogP contribution in [0.3, 0.4) is 0 Å². The van der Waals surface area contributed by atoms with Crippen molar-refractivity contribution >= 4 is 23.5 Å². The van der Waals surface area contributed by atoms with Crippen LogP contribution in [0.1, 0.15) is 38.5 Å². The smallest absolute Gasteiger partial charge is 0.222 e. The third kappa shape index (κ3) is 3.78. The van der Waals surface area contributed by atoms with Crippen molar-refractivity contribution in [1.29, 1.82) is 0 Å². The molecule has 0 radical (unpaired) electrons. The van der Waals surface area contributed by atoms with Crippen molar-refractivity contribution in [1.82, 2.24) is 14.9 Å². The summed E-state index contributed by atoms with van der Waals surface area (Å²) in [6.45, 7) is 4.05. The standard InChI is InChI=1S/C19H28N4OS/c1-25-19-20-8-5-17(21-19)22-9-6-14(7-10-22)11-18(24)23-12-15-3-2-4-16(15)13-23/h5,8,14-16H,2-4,6-7,9-13H2,1H3. The van der Waals surface area contributed by atoms with Gasteiger partial charge >= 0.3 is 0 Å². The maximum atomic E-state index is 12.7. The van der Waals surface area contributed by atoms with Gasteiger partial charge in [-0.05, 0) is 55.8 Å². The molecule has 3 fully saturated rings. The van der Waals surface area contributed by atoms with Crippen LogP contribution < -0.4 is 4.90 Å². The molecule has 0 N–H and O–H groups in total. The third-order valence-corrected chi connectivity index (χ3v) is 6.84. The SMILES string of the molecule is CSc1nccc(N2CCC(CC(=O)N3CC4CCCC4C3)CC2)n1. The van der Waals surface area contributed by atoms with Gasteiger partial charge in [0.2, 0.25) is 5.91 Å². The minimum Gasteiger partial charge on any atom is -0.356 e. The molecule has 4 rings (SSSR count). The van der Waals surface area contributed by atoms with Crippen LogP contribution in [0.4, 0.5) is 5.82 Å². The topological polar surface area (TPSA) is 49.3 Å². The van der Waals surface area contributed by atoms with Crippen LogP contribution in [0.15, 0.2) is 17.4 Å². The molecule has 1 aliphatic carbocycles. The zero-order valence-corrected chi connectivity index (χ0v) is 15.9. The summed E-state index contributed by atoms with van der Waals surface area (Å²) < 4.78 is 0. The van der Waals surface area contributed by atoms with E-state index in [2.05, 4.69) is 19.8 Å². The van der Waals surface area contributed by atoms with E-state index in [1.165, 1.54) is 19.3 Å². The molecular weight excluding hydrogens is 332 g/mol. The van der Waals surface area contributed by atoms with Crippen molar-refractivity contribution < 1.29 is 4.79 Å². The molecule has 1 aromatic rings. The molecule has 0 spiro atoms. The fourth-order valence-corrected chi connectivity index (χ4v) is 5.14. The van der Waals surface area contributed by atoms with Crippen LogP contribution >= 0.6 is 11.8 Å². The Hall–Kier alpha value is -1.30. The largest absolute Gasteiger partial charge is 0.356 e. The van der Waals surface area contributed by atoms with E-state index in [-0.39, 0.29) is 0 Å². The number of amides is 1. The van der Waals surface area contributed by atoms with Gasteiger partial charge in [0.05, 0.1) is 0 Å². The van der Waals surface area contributed by atoms with Gasteiger partial charge in [0.25, 0.3) is 0 Å². The zero-order chi connectivity index (χ0) is 17.2. The maximum Gasteiger partial charge on any atom is 0.222 e. The second-order valence-corrected chi connectivity index (χ2v) is 8.56. The number of anilines is 1. The van der Waals surface area contributed by atoms with Gasteiger partial charge in [-0.25, -0.2) is 9.97 Å². The van der Waals surface area contributed by atoms with Crippen LogP contribution in [0.2, 0.25) is 0 Å². The first-order valence-electron chi connectivity index (χ1n) is 9.62. The first-order chi connectivity index (χ1) is 12.2. The Morgan fingerprint density at radius 2 is 1.92 bits per heavy atom. The van der Waals surface area contributed by atoms with E-state index in [1.54, 1.807) is 11.8 Å². The number of carbonyl (C=O) groups excluding carboxylic acids is 1. The molecule has 0 aromatic carbocycles. The van der Waals surface area contributed by atoms with Gasteiger partial charge in [-0.1, -0.05) is 18.2 Å². The normalized spacial score (nSPS) is 26.9. The Balaban J connectivity index is 1.26. The average Bonchev–Trinajstić information content (AvgIpc) is 3.24. The molecule has 2 unspecified atom stereocenters. The van der Waals surface area contributed by atoms with Crippen LogP contribution in [0.25, 0.3) is 0 Å². The van der Waals surface area contributed by atoms with Gasteiger partial charge in [0, 0.05) is 38.8 Å². The lowest BCUT2D eigenvalue weighted by Crippen LogP contribution is -2.37. The highest BCUT2D eigenvalue weighted by Gasteiger charge is 2.38. The van der Waals surface area contributed by atoms with Crippen molar-refractivity contribution in [3.05, 3.63) is 12.3 Å². The van der Waals surface area contributed by atoms with Crippen molar-refractivity contribution in [2.24, 2.45) is 17.8 Å². The molecule has 5 nitrogen and oxygen atoms in total. The Labute approximate surface area is 154 Å². The summed E-state index contributed by atoms with van der Waals surface area (Å²) in [6, 6.07) is 1.99. The minimum absolute atomic E-state index is 0.402. The fraction of sp³-hybridized carbons (Fsp3) is 0.737. The fourth-order valence-electron chi connectivity index (χ4n) is 4.79. The predicted molar refractivity (Wildman–Crippen MR) is 101 cm³/mol. The van der Waals surface area contributed by atoms with E-state index < -0.39 is 0 Å². The lowest BCUT2D eigenvalue weighted by molar-refractivity contribution is -0.131. The molecule has 2 saturated heterocycles. The van der Waals surface area contributed by atoms with Crippen LogP contribution in [0, 0.1) is 17.8 Å². The van der Waals surface area contributed by atoms with Gasteiger partial charge in [-0.2, -0.15) is 0 Å². The number of hydrogen-bond acceptors (Lipinski definition) is 5. The van der Waals surface area contributed by atoms with Crippen molar-refractivity contribution in [2.45, 2.75) is 43.7 Å². The Bertz CT molecular complexity index is 605. The second-order valence-electron chi connectivity index (χ2n) is 7.79. The number of piperidine rings is 1. The summed E-state index contributed by atoms with van der Waals surface area (Å²) in [4.78, 5) is 26.0. The zero-order valence-electron chi connectivity index (χ0n) is 15.1. The van der Waals surface area contributed by atoms with E-state index in [0.29, 0.717) is 11.8 Å². The second kappa shape index (κ2) is 7.52. The number of likely N-dealkylation sites (tertiary alicyclic amines) is 1. The van der Waals surface area contributed by atoms with E-state index in [1.807, 2.05) is 18.5 Å². The molecule has 25 heavy (non-hydrogen) atoms. The molecular formula is C19H28N4OS. The summed E-state index contributed by atoms with van der Waals surface area (Å²) in [5.74, 6) is 3.56. The number of fused-ring (bicyclic) bond motifs is 1. The average molecular weight is 361 g/mol. The lowest BCUT2D eigenvalue weighted by Gasteiger charge is -2.33. The Kier molecular flexibility index (Phi) is 5.15. The van der Waals surface area contributed by atoms with Crippen molar-refractivity contribution in [2.75, 3.05) is 37.3 Å². The molecule has 136 valence electrons. The summed E-state index contributed by atoms with van der Waals surface area (Å²) in [6.07, 6.45) is 10.8. The first kappa shape index (κ1) is 17.1. The van der Waals surface area contributed by atoms with E-state index >= 15 is 0 Å². The van der Waals surface area contributed by atoms with E-state index in [9.17, 15) is 4.79 Å². The van der Waals surface area contributed by atoms with Gasteiger partial charge in [0.15, 0.2) is 5.16 Å². The highest BCUT2D eigenvalue weighted by molar-refractivity contribution is 7.98. The summed E-state index contributed by atoms with van der Waals surface area (Å²) in [5, 5.41) is 0.828. The van der Waals surface area contributed by atoms with Gasteiger partial charge < -0.3 is 9.80 Å². The number of rotatable bonds is 4. The lowest BCUT2D eigenvalue weighted by atomic mass is 9.93. The number of aromatic nitrogens is 2. The van der Waals surface area contributed by atoms with Crippen molar-refractivity contribution in [3.63, 3.8) is 0 Å². The number of hydrogen-bond donors (Lipinski definition) is 0. The molecule has 6 heteroatoms. The summed E-state index contributed by atoms with van der Waals surface area (Å²) in [7, 11) is 0. The van der Waals surface area contributed by atoms with E-state index in [4.69, 9.17) is 0 Å². The monoisotopic (exact) mass is 360 g/mol.